The molecule has 1 aromatic rings. The molecule has 1 saturated carbocycles. The van der Waals surface area contributed by atoms with Crippen molar-refractivity contribution in [1.29, 1.82) is 0 Å². The topological polar surface area (TPSA) is 12.0 Å². The van der Waals surface area contributed by atoms with Gasteiger partial charge >= 0.3 is 0 Å². The summed E-state index contributed by atoms with van der Waals surface area (Å²) >= 11 is 2.35. The standard InChI is InChI=1S/C14H20IN/c1-10-3-8-14(11(10)2)16-9-12-4-6-13(15)7-5-12/h4-7,10-11,14,16H,3,8-9H2,1-2H3. The summed E-state index contributed by atoms with van der Waals surface area (Å²) in [6.45, 7) is 5.76. The van der Waals surface area contributed by atoms with Crippen LogP contribution in [0.5, 0.6) is 0 Å². The fourth-order valence-corrected chi connectivity index (χ4v) is 2.86. The first-order chi connectivity index (χ1) is 7.66. The Bertz CT molecular complexity index is 333. The Kier molecular flexibility index (Phi) is 4.25. The summed E-state index contributed by atoms with van der Waals surface area (Å²) < 4.78 is 1.31. The van der Waals surface area contributed by atoms with Gasteiger partial charge in [0.1, 0.15) is 0 Å². The van der Waals surface area contributed by atoms with Crippen LogP contribution in [0.2, 0.25) is 0 Å². The molecule has 0 bridgehead atoms. The Balaban J connectivity index is 1.86. The Morgan fingerprint density at radius 3 is 2.44 bits per heavy atom. The van der Waals surface area contributed by atoms with Crippen LogP contribution in [0.4, 0.5) is 0 Å². The number of hydrogen-bond donors (Lipinski definition) is 1. The predicted octanol–water partition coefficient (Wildman–Crippen LogP) is 3.82. The molecule has 0 aliphatic heterocycles. The van der Waals surface area contributed by atoms with Crippen molar-refractivity contribution in [2.24, 2.45) is 11.8 Å². The first-order valence-corrected chi connectivity index (χ1v) is 7.22. The molecule has 0 heterocycles. The minimum absolute atomic E-state index is 0.717. The van der Waals surface area contributed by atoms with Gasteiger partial charge in [-0.25, -0.2) is 0 Å². The normalized spacial score (nSPS) is 29.6. The highest BCUT2D eigenvalue weighted by Crippen LogP contribution is 2.31. The van der Waals surface area contributed by atoms with E-state index in [1.54, 1.807) is 0 Å². The van der Waals surface area contributed by atoms with Gasteiger partial charge < -0.3 is 5.32 Å². The van der Waals surface area contributed by atoms with Gasteiger partial charge in [-0.15, -0.1) is 0 Å². The molecule has 0 spiro atoms. The smallest absolute Gasteiger partial charge is 0.0208 e. The van der Waals surface area contributed by atoms with E-state index in [4.69, 9.17) is 0 Å². The SMILES string of the molecule is CC1CCC(NCc2ccc(I)cc2)C1C. The van der Waals surface area contributed by atoms with Crippen molar-refractivity contribution in [3.05, 3.63) is 33.4 Å². The molecule has 2 rings (SSSR count). The van der Waals surface area contributed by atoms with Crippen LogP contribution in [-0.2, 0) is 6.54 Å². The van der Waals surface area contributed by atoms with Gasteiger partial charge in [-0.2, -0.15) is 0 Å². The number of halogens is 1. The third-order valence-electron chi connectivity index (χ3n) is 3.95. The molecule has 1 aliphatic rings. The van der Waals surface area contributed by atoms with E-state index < -0.39 is 0 Å². The largest absolute Gasteiger partial charge is 0.310 e. The monoisotopic (exact) mass is 329 g/mol. The zero-order valence-electron chi connectivity index (χ0n) is 10.0. The fraction of sp³-hybridized carbons (Fsp3) is 0.571. The molecule has 1 N–H and O–H groups in total. The fourth-order valence-electron chi connectivity index (χ4n) is 2.50. The van der Waals surface area contributed by atoms with Crippen molar-refractivity contribution in [2.75, 3.05) is 0 Å². The average molecular weight is 329 g/mol. The third-order valence-corrected chi connectivity index (χ3v) is 4.67. The van der Waals surface area contributed by atoms with E-state index in [2.05, 4.69) is 66.0 Å². The molecular weight excluding hydrogens is 309 g/mol. The van der Waals surface area contributed by atoms with Gasteiger partial charge in [-0.05, 0) is 65.0 Å². The Labute approximate surface area is 112 Å². The van der Waals surface area contributed by atoms with E-state index in [1.165, 1.54) is 22.0 Å². The molecule has 2 heteroatoms. The van der Waals surface area contributed by atoms with Gasteiger partial charge in [-0.1, -0.05) is 26.0 Å². The lowest BCUT2D eigenvalue weighted by molar-refractivity contribution is 0.370. The second-order valence-electron chi connectivity index (χ2n) is 5.03. The molecule has 1 aromatic carbocycles. The van der Waals surface area contributed by atoms with E-state index in [9.17, 15) is 0 Å². The maximum atomic E-state index is 3.70. The Hall–Kier alpha value is -0.0900. The highest BCUT2D eigenvalue weighted by molar-refractivity contribution is 14.1. The zero-order chi connectivity index (χ0) is 11.5. The van der Waals surface area contributed by atoms with Crippen LogP contribution in [0.15, 0.2) is 24.3 Å². The molecule has 0 radical (unpaired) electrons. The first kappa shape index (κ1) is 12.4. The molecule has 1 nitrogen and oxygen atoms in total. The van der Waals surface area contributed by atoms with E-state index >= 15 is 0 Å². The molecule has 0 amide bonds. The van der Waals surface area contributed by atoms with Crippen molar-refractivity contribution in [1.82, 2.24) is 5.32 Å². The van der Waals surface area contributed by atoms with E-state index in [1.807, 2.05) is 0 Å². The molecule has 0 aromatic heterocycles. The highest BCUT2D eigenvalue weighted by atomic mass is 127. The predicted molar refractivity (Wildman–Crippen MR) is 77.3 cm³/mol. The van der Waals surface area contributed by atoms with Crippen LogP contribution in [-0.4, -0.2) is 6.04 Å². The molecule has 0 saturated heterocycles. The summed E-state index contributed by atoms with van der Waals surface area (Å²) in [5.74, 6) is 1.71. The van der Waals surface area contributed by atoms with Gasteiger partial charge in [0.15, 0.2) is 0 Å². The van der Waals surface area contributed by atoms with Crippen molar-refractivity contribution < 1.29 is 0 Å². The summed E-state index contributed by atoms with van der Waals surface area (Å²) in [7, 11) is 0. The molecule has 1 aliphatic carbocycles. The third kappa shape index (κ3) is 2.98. The van der Waals surface area contributed by atoms with Crippen molar-refractivity contribution >= 4 is 22.6 Å². The Morgan fingerprint density at radius 1 is 1.19 bits per heavy atom. The van der Waals surface area contributed by atoms with Gasteiger partial charge in [0.25, 0.3) is 0 Å². The van der Waals surface area contributed by atoms with Gasteiger partial charge in [0, 0.05) is 16.2 Å². The lowest BCUT2D eigenvalue weighted by atomic mass is 9.98. The lowest BCUT2D eigenvalue weighted by Crippen LogP contribution is -2.31. The Morgan fingerprint density at radius 2 is 1.88 bits per heavy atom. The summed E-state index contributed by atoms with van der Waals surface area (Å²) in [6.07, 6.45) is 2.72. The zero-order valence-corrected chi connectivity index (χ0v) is 12.2. The minimum atomic E-state index is 0.717. The highest BCUT2D eigenvalue weighted by Gasteiger charge is 2.28. The first-order valence-electron chi connectivity index (χ1n) is 6.14. The summed E-state index contributed by atoms with van der Waals surface area (Å²) in [5.41, 5.74) is 1.40. The van der Waals surface area contributed by atoms with Crippen LogP contribution < -0.4 is 5.32 Å². The van der Waals surface area contributed by atoms with Crippen molar-refractivity contribution in [3.63, 3.8) is 0 Å². The molecule has 3 atom stereocenters. The second kappa shape index (κ2) is 5.50. The summed E-state index contributed by atoms with van der Waals surface area (Å²) in [4.78, 5) is 0. The van der Waals surface area contributed by atoms with Crippen LogP contribution >= 0.6 is 22.6 Å². The van der Waals surface area contributed by atoms with Gasteiger partial charge in [-0.3, -0.25) is 0 Å². The van der Waals surface area contributed by atoms with Gasteiger partial charge in [0.05, 0.1) is 0 Å². The summed E-state index contributed by atoms with van der Waals surface area (Å²) in [5, 5.41) is 3.70. The van der Waals surface area contributed by atoms with Gasteiger partial charge in [0.2, 0.25) is 0 Å². The quantitative estimate of drug-likeness (QED) is 0.832. The number of nitrogens with one attached hydrogen (secondary N) is 1. The number of rotatable bonds is 3. The second-order valence-corrected chi connectivity index (χ2v) is 6.27. The van der Waals surface area contributed by atoms with Crippen LogP contribution in [0.25, 0.3) is 0 Å². The van der Waals surface area contributed by atoms with E-state index in [0.29, 0.717) is 6.04 Å². The molecular formula is C14H20IN. The molecule has 88 valence electrons. The van der Waals surface area contributed by atoms with E-state index in [0.717, 1.165) is 18.4 Å². The maximum Gasteiger partial charge on any atom is 0.0208 e. The maximum absolute atomic E-state index is 3.70. The van der Waals surface area contributed by atoms with Crippen LogP contribution in [0.1, 0.15) is 32.3 Å². The molecule has 3 unspecified atom stereocenters. The minimum Gasteiger partial charge on any atom is -0.310 e. The van der Waals surface area contributed by atoms with Crippen molar-refractivity contribution in [3.8, 4) is 0 Å². The van der Waals surface area contributed by atoms with Crippen LogP contribution in [0.3, 0.4) is 0 Å². The van der Waals surface area contributed by atoms with Crippen LogP contribution in [0, 0.1) is 15.4 Å². The lowest BCUT2D eigenvalue weighted by Gasteiger charge is -2.19. The van der Waals surface area contributed by atoms with E-state index in [-0.39, 0.29) is 0 Å². The molecule has 1 fully saturated rings. The number of hydrogen-bond acceptors (Lipinski definition) is 1. The summed E-state index contributed by atoms with van der Waals surface area (Å²) in [6, 6.07) is 9.51. The van der Waals surface area contributed by atoms with Crippen molar-refractivity contribution in [2.45, 2.75) is 39.3 Å². The number of benzene rings is 1. The molecule has 16 heavy (non-hydrogen) atoms. The average Bonchev–Trinajstić information content (AvgIpc) is 2.60.